The molecule has 5 heteroatoms. The third kappa shape index (κ3) is 2.28. The second kappa shape index (κ2) is 5.33. The Morgan fingerprint density at radius 3 is 2.09 bits per heavy atom. The fourth-order valence-electron chi connectivity index (χ4n) is 2.60. The second-order valence-corrected chi connectivity index (χ2v) is 5.34. The average Bonchev–Trinajstić information content (AvgIpc) is 2.75. The van der Waals surface area contributed by atoms with Crippen molar-refractivity contribution < 1.29 is 18.4 Å². The lowest BCUT2D eigenvalue weighted by atomic mass is 10.0. The smallest absolute Gasteiger partial charge is 0.261 e. The van der Waals surface area contributed by atoms with Gasteiger partial charge in [0.05, 0.1) is 11.1 Å². The highest BCUT2D eigenvalue weighted by Gasteiger charge is 2.35. The SMILES string of the molecule is C[C@@H](CN1C(=O)c2ccccc2C1=O)c1ccc(F)c(F)c1. The highest BCUT2D eigenvalue weighted by Crippen LogP contribution is 2.26. The Balaban J connectivity index is 1.83. The summed E-state index contributed by atoms with van der Waals surface area (Å²) in [6.45, 7) is 1.88. The topological polar surface area (TPSA) is 37.4 Å². The Labute approximate surface area is 126 Å². The highest BCUT2D eigenvalue weighted by atomic mass is 19.2. The zero-order valence-electron chi connectivity index (χ0n) is 11.8. The van der Waals surface area contributed by atoms with E-state index in [1.807, 2.05) is 0 Å². The summed E-state index contributed by atoms with van der Waals surface area (Å²) in [5.41, 5.74) is 1.30. The molecular weight excluding hydrogens is 288 g/mol. The zero-order valence-corrected chi connectivity index (χ0v) is 11.8. The number of hydrogen-bond donors (Lipinski definition) is 0. The van der Waals surface area contributed by atoms with Crippen molar-refractivity contribution >= 4 is 11.8 Å². The summed E-state index contributed by atoms with van der Waals surface area (Å²) >= 11 is 0. The van der Waals surface area contributed by atoms with E-state index in [-0.39, 0.29) is 24.3 Å². The van der Waals surface area contributed by atoms with E-state index >= 15 is 0 Å². The molecule has 3 rings (SSSR count). The first kappa shape index (κ1) is 14.4. The van der Waals surface area contributed by atoms with Crippen molar-refractivity contribution in [1.29, 1.82) is 0 Å². The molecule has 3 nitrogen and oxygen atoms in total. The van der Waals surface area contributed by atoms with Gasteiger partial charge < -0.3 is 0 Å². The molecule has 2 aromatic rings. The van der Waals surface area contributed by atoms with Gasteiger partial charge in [0.1, 0.15) is 0 Å². The molecule has 1 aliphatic rings. The van der Waals surface area contributed by atoms with Gasteiger partial charge in [0, 0.05) is 6.54 Å². The summed E-state index contributed by atoms with van der Waals surface area (Å²) in [5, 5.41) is 0. The molecule has 0 N–H and O–H groups in total. The van der Waals surface area contributed by atoms with E-state index in [0.717, 1.165) is 17.0 Å². The third-order valence-corrected chi connectivity index (χ3v) is 3.85. The number of amides is 2. The molecule has 0 bridgehead atoms. The van der Waals surface area contributed by atoms with Crippen molar-refractivity contribution in [2.75, 3.05) is 6.54 Å². The molecule has 0 radical (unpaired) electrons. The highest BCUT2D eigenvalue weighted by molar-refractivity contribution is 6.21. The molecule has 0 unspecified atom stereocenters. The maximum Gasteiger partial charge on any atom is 0.261 e. The average molecular weight is 301 g/mol. The van der Waals surface area contributed by atoms with Crippen molar-refractivity contribution in [3.8, 4) is 0 Å². The van der Waals surface area contributed by atoms with E-state index in [1.54, 1.807) is 31.2 Å². The first-order valence-electron chi connectivity index (χ1n) is 6.89. The molecule has 1 heterocycles. The number of hydrogen-bond acceptors (Lipinski definition) is 2. The van der Waals surface area contributed by atoms with Crippen molar-refractivity contribution in [2.24, 2.45) is 0 Å². The Bertz CT molecular complexity index is 738. The Morgan fingerprint density at radius 1 is 0.955 bits per heavy atom. The minimum Gasteiger partial charge on any atom is -0.274 e. The minimum absolute atomic E-state index is 0.122. The van der Waals surface area contributed by atoms with Gasteiger partial charge in [-0.3, -0.25) is 14.5 Å². The molecule has 1 atom stereocenters. The first-order chi connectivity index (χ1) is 10.5. The van der Waals surface area contributed by atoms with Crippen LogP contribution in [0.2, 0.25) is 0 Å². The van der Waals surface area contributed by atoms with E-state index in [4.69, 9.17) is 0 Å². The van der Waals surface area contributed by atoms with Crippen LogP contribution in [0.3, 0.4) is 0 Å². The number of fused-ring (bicyclic) bond motifs is 1. The molecule has 0 aromatic heterocycles. The van der Waals surface area contributed by atoms with Crippen LogP contribution in [0.15, 0.2) is 42.5 Å². The van der Waals surface area contributed by atoms with E-state index < -0.39 is 11.6 Å². The van der Waals surface area contributed by atoms with E-state index in [0.29, 0.717) is 16.7 Å². The standard InChI is InChI=1S/C17H13F2NO2/c1-10(11-6-7-14(18)15(19)8-11)9-20-16(21)12-4-2-3-5-13(12)17(20)22/h2-8,10H,9H2,1H3/t10-/m0/s1. The molecule has 0 saturated carbocycles. The van der Waals surface area contributed by atoms with Crippen molar-refractivity contribution in [1.82, 2.24) is 4.90 Å². The van der Waals surface area contributed by atoms with E-state index in [9.17, 15) is 18.4 Å². The van der Waals surface area contributed by atoms with Crippen LogP contribution in [0.25, 0.3) is 0 Å². The number of carbonyl (C=O) groups excluding carboxylic acids is 2. The lowest BCUT2D eigenvalue weighted by Crippen LogP contribution is -2.33. The van der Waals surface area contributed by atoms with Gasteiger partial charge in [0.25, 0.3) is 11.8 Å². The Morgan fingerprint density at radius 2 is 1.55 bits per heavy atom. The van der Waals surface area contributed by atoms with Gasteiger partial charge in [0.2, 0.25) is 0 Å². The van der Waals surface area contributed by atoms with Crippen LogP contribution in [0.4, 0.5) is 8.78 Å². The fourth-order valence-corrected chi connectivity index (χ4v) is 2.60. The van der Waals surface area contributed by atoms with Crippen LogP contribution < -0.4 is 0 Å². The Hall–Kier alpha value is -2.56. The molecule has 0 fully saturated rings. The predicted molar refractivity (Wildman–Crippen MR) is 76.6 cm³/mol. The van der Waals surface area contributed by atoms with Crippen LogP contribution in [0.5, 0.6) is 0 Å². The molecule has 2 amide bonds. The maximum atomic E-state index is 13.3. The number of rotatable bonds is 3. The first-order valence-corrected chi connectivity index (χ1v) is 6.89. The molecule has 112 valence electrons. The number of carbonyl (C=O) groups is 2. The molecule has 0 saturated heterocycles. The number of imide groups is 1. The predicted octanol–water partition coefficient (Wildman–Crippen LogP) is 3.36. The molecular formula is C17H13F2NO2. The summed E-state index contributed by atoms with van der Waals surface area (Å²) in [5.74, 6) is -2.86. The number of nitrogens with zero attached hydrogens (tertiary/aromatic N) is 1. The molecule has 0 aliphatic carbocycles. The van der Waals surface area contributed by atoms with Gasteiger partial charge >= 0.3 is 0 Å². The summed E-state index contributed by atoms with van der Waals surface area (Å²) in [6, 6.07) is 10.2. The summed E-state index contributed by atoms with van der Waals surface area (Å²) < 4.78 is 26.3. The van der Waals surface area contributed by atoms with Crippen LogP contribution >= 0.6 is 0 Å². The van der Waals surface area contributed by atoms with Crippen molar-refractivity contribution in [3.05, 3.63) is 70.8 Å². The van der Waals surface area contributed by atoms with Crippen molar-refractivity contribution in [3.63, 3.8) is 0 Å². The minimum atomic E-state index is -0.938. The monoisotopic (exact) mass is 301 g/mol. The molecule has 1 aliphatic heterocycles. The van der Waals surface area contributed by atoms with Gasteiger partial charge in [-0.05, 0) is 35.7 Å². The third-order valence-electron chi connectivity index (χ3n) is 3.85. The quantitative estimate of drug-likeness (QED) is 0.815. The van der Waals surface area contributed by atoms with Crippen LogP contribution in [0.1, 0.15) is 39.1 Å². The summed E-state index contributed by atoms with van der Waals surface area (Å²) in [7, 11) is 0. The van der Waals surface area contributed by atoms with Gasteiger partial charge in [-0.1, -0.05) is 25.1 Å². The maximum absolute atomic E-state index is 13.3. The van der Waals surface area contributed by atoms with Gasteiger partial charge in [-0.15, -0.1) is 0 Å². The van der Waals surface area contributed by atoms with Gasteiger partial charge in [-0.25, -0.2) is 8.78 Å². The van der Waals surface area contributed by atoms with Crippen LogP contribution in [-0.2, 0) is 0 Å². The Kier molecular flexibility index (Phi) is 3.48. The second-order valence-electron chi connectivity index (χ2n) is 5.34. The lowest BCUT2D eigenvalue weighted by molar-refractivity contribution is 0.0646. The fraction of sp³-hybridized carbons (Fsp3) is 0.176. The van der Waals surface area contributed by atoms with Crippen molar-refractivity contribution in [2.45, 2.75) is 12.8 Å². The summed E-state index contributed by atoms with van der Waals surface area (Å²) in [6.07, 6.45) is 0. The van der Waals surface area contributed by atoms with E-state index in [2.05, 4.69) is 0 Å². The normalized spacial score (nSPS) is 15.1. The zero-order chi connectivity index (χ0) is 15.9. The summed E-state index contributed by atoms with van der Waals surface area (Å²) in [4.78, 5) is 25.7. The largest absolute Gasteiger partial charge is 0.274 e. The van der Waals surface area contributed by atoms with Crippen LogP contribution in [-0.4, -0.2) is 23.3 Å². The lowest BCUT2D eigenvalue weighted by Gasteiger charge is -2.19. The number of benzene rings is 2. The number of halogens is 2. The van der Waals surface area contributed by atoms with E-state index in [1.165, 1.54) is 6.07 Å². The molecule has 2 aromatic carbocycles. The van der Waals surface area contributed by atoms with Gasteiger partial charge in [0.15, 0.2) is 11.6 Å². The van der Waals surface area contributed by atoms with Crippen LogP contribution in [0, 0.1) is 11.6 Å². The molecule has 22 heavy (non-hydrogen) atoms. The molecule has 0 spiro atoms. The van der Waals surface area contributed by atoms with Gasteiger partial charge in [-0.2, -0.15) is 0 Å².